The number of amides is 1. The minimum atomic E-state index is -0.383. The molecule has 0 radical (unpaired) electrons. The number of benzene rings is 2. The summed E-state index contributed by atoms with van der Waals surface area (Å²) in [5.74, 6) is -0.142. The van der Waals surface area contributed by atoms with Gasteiger partial charge >= 0.3 is 0 Å². The Hall–Kier alpha value is -2.96. The van der Waals surface area contributed by atoms with Crippen molar-refractivity contribution in [2.24, 2.45) is 0 Å². The number of carbonyl (C=O) groups is 1. The Morgan fingerprint density at radius 2 is 1.97 bits per heavy atom. The number of nitrogens with one attached hydrogen (secondary N) is 1. The standard InChI is InChI=1S/C22H16ClFN2O2S/c23-17-9-10-18(22-16(17)3-1-11-25-22)28-13-20(27)26-21(19-4-2-12-29-19)14-5-7-15(24)8-6-14/h1-12,21H,13H2,(H,26,27). The molecule has 1 amide bonds. The normalized spacial score (nSPS) is 11.9. The van der Waals surface area contributed by atoms with Crippen molar-refractivity contribution >= 4 is 39.7 Å². The molecular weight excluding hydrogens is 411 g/mol. The first-order valence-corrected chi connectivity index (χ1v) is 10.1. The molecule has 29 heavy (non-hydrogen) atoms. The van der Waals surface area contributed by atoms with Crippen LogP contribution in [0, 0.1) is 5.82 Å². The van der Waals surface area contributed by atoms with Gasteiger partial charge in [-0.2, -0.15) is 0 Å². The molecule has 2 aromatic heterocycles. The molecule has 4 aromatic rings. The maximum Gasteiger partial charge on any atom is 0.258 e. The fourth-order valence-electron chi connectivity index (χ4n) is 3.00. The molecule has 2 heterocycles. The van der Waals surface area contributed by atoms with Gasteiger partial charge in [-0.1, -0.05) is 29.8 Å². The molecule has 7 heteroatoms. The summed E-state index contributed by atoms with van der Waals surface area (Å²) < 4.78 is 19.0. The zero-order chi connectivity index (χ0) is 20.2. The van der Waals surface area contributed by atoms with Crippen molar-refractivity contribution < 1.29 is 13.9 Å². The van der Waals surface area contributed by atoms with Crippen LogP contribution in [0.4, 0.5) is 4.39 Å². The lowest BCUT2D eigenvalue weighted by molar-refractivity contribution is -0.123. The second kappa shape index (κ2) is 8.59. The van der Waals surface area contributed by atoms with E-state index in [-0.39, 0.29) is 24.4 Å². The van der Waals surface area contributed by atoms with Gasteiger partial charge in [-0.15, -0.1) is 11.3 Å². The Morgan fingerprint density at radius 1 is 1.14 bits per heavy atom. The van der Waals surface area contributed by atoms with Crippen LogP contribution in [0.15, 0.2) is 72.2 Å². The fraction of sp³-hybridized carbons (Fsp3) is 0.0909. The van der Waals surface area contributed by atoms with E-state index in [1.807, 2.05) is 23.6 Å². The van der Waals surface area contributed by atoms with Crippen LogP contribution in [0.2, 0.25) is 5.02 Å². The molecule has 0 aliphatic heterocycles. The Bertz CT molecular complexity index is 1130. The SMILES string of the molecule is O=C(COc1ccc(Cl)c2cccnc12)NC(c1ccc(F)cc1)c1cccs1. The number of rotatable bonds is 6. The van der Waals surface area contributed by atoms with Crippen molar-refractivity contribution in [1.29, 1.82) is 0 Å². The molecule has 0 aliphatic rings. The number of fused-ring (bicyclic) bond motifs is 1. The number of thiophene rings is 1. The topological polar surface area (TPSA) is 51.2 Å². The van der Waals surface area contributed by atoms with Crippen molar-refractivity contribution in [3.05, 3.63) is 93.5 Å². The summed E-state index contributed by atoms with van der Waals surface area (Å²) in [5, 5.41) is 6.22. The fourth-order valence-corrected chi connectivity index (χ4v) is 4.02. The average molecular weight is 427 g/mol. The minimum absolute atomic E-state index is 0.184. The summed E-state index contributed by atoms with van der Waals surface area (Å²) in [6, 6.07) is 16.6. The van der Waals surface area contributed by atoms with Gasteiger partial charge in [0.2, 0.25) is 0 Å². The Kier molecular flexibility index (Phi) is 5.74. The summed E-state index contributed by atoms with van der Waals surface area (Å²) in [7, 11) is 0. The van der Waals surface area contributed by atoms with E-state index in [4.69, 9.17) is 16.3 Å². The predicted octanol–water partition coefficient (Wildman–Crippen LogP) is 5.37. The zero-order valence-corrected chi connectivity index (χ0v) is 16.7. The molecular formula is C22H16ClFN2O2S. The molecule has 1 N–H and O–H groups in total. The van der Waals surface area contributed by atoms with E-state index in [1.165, 1.54) is 23.5 Å². The Labute approximate surface area is 175 Å². The molecule has 4 rings (SSSR count). The van der Waals surface area contributed by atoms with E-state index in [9.17, 15) is 9.18 Å². The van der Waals surface area contributed by atoms with Gasteiger partial charge in [-0.25, -0.2) is 4.39 Å². The molecule has 0 spiro atoms. The maximum absolute atomic E-state index is 13.3. The Balaban J connectivity index is 1.51. The monoisotopic (exact) mass is 426 g/mol. The number of pyridine rings is 1. The van der Waals surface area contributed by atoms with E-state index >= 15 is 0 Å². The van der Waals surface area contributed by atoms with Crippen LogP contribution in [-0.4, -0.2) is 17.5 Å². The van der Waals surface area contributed by atoms with Gasteiger partial charge in [-0.3, -0.25) is 9.78 Å². The highest BCUT2D eigenvalue weighted by molar-refractivity contribution is 7.10. The molecule has 1 atom stereocenters. The van der Waals surface area contributed by atoms with Gasteiger partial charge in [0.05, 0.1) is 11.1 Å². The molecule has 1 unspecified atom stereocenters. The van der Waals surface area contributed by atoms with Crippen molar-refractivity contribution in [3.8, 4) is 5.75 Å². The molecule has 0 saturated carbocycles. The van der Waals surface area contributed by atoms with Crippen LogP contribution < -0.4 is 10.1 Å². The smallest absolute Gasteiger partial charge is 0.258 e. The van der Waals surface area contributed by atoms with Crippen LogP contribution in [-0.2, 0) is 4.79 Å². The van der Waals surface area contributed by atoms with Crippen molar-refractivity contribution in [3.63, 3.8) is 0 Å². The molecule has 4 nitrogen and oxygen atoms in total. The lowest BCUT2D eigenvalue weighted by Gasteiger charge is -2.18. The van der Waals surface area contributed by atoms with E-state index in [2.05, 4.69) is 10.3 Å². The van der Waals surface area contributed by atoms with Crippen LogP contribution in [0.5, 0.6) is 5.75 Å². The van der Waals surface area contributed by atoms with Gasteiger partial charge in [0.15, 0.2) is 6.61 Å². The first kappa shape index (κ1) is 19.4. The molecule has 0 bridgehead atoms. The predicted molar refractivity (Wildman–Crippen MR) is 113 cm³/mol. The number of ether oxygens (including phenoxy) is 1. The number of hydrogen-bond donors (Lipinski definition) is 1. The third-order valence-electron chi connectivity index (χ3n) is 4.37. The second-order valence-electron chi connectivity index (χ2n) is 6.30. The highest BCUT2D eigenvalue weighted by atomic mass is 35.5. The summed E-state index contributed by atoms with van der Waals surface area (Å²) in [6.45, 7) is -0.184. The van der Waals surface area contributed by atoms with Crippen LogP contribution in [0.25, 0.3) is 10.9 Å². The third kappa shape index (κ3) is 4.39. The first-order chi connectivity index (χ1) is 14.1. The Morgan fingerprint density at radius 3 is 2.72 bits per heavy atom. The highest BCUT2D eigenvalue weighted by Crippen LogP contribution is 2.30. The van der Waals surface area contributed by atoms with Crippen LogP contribution in [0.3, 0.4) is 0 Å². The third-order valence-corrected chi connectivity index (χ3v) is 5.64. The maximum atomic E-state index is 13.3. The molecule has 0 fully saturated rings. The van der Waals surface area contributed by atoms with Gasteiger partial charge in [0.1, 0.15) is 17.1 Å². The van der Waals surface area contributed by atoms with Gasteiger partial charge in [-0.05, 0) is 53.4 Å². The molecule has 2 aromatic carbocycles. The largest absolute Gasteiger partial charge is 0.481 e. The summed E-state index contributed by atoms with van der Waals surface area (Å²) in [5.41, 5.74) is 1.39. The van der Waals surface area contributed by atoms with Gasteiger partial charge in [0, 0.05) is 16.5 Å². The number of nitrogens with zero attached hydrogens (tertiary/aromatic N) is 1. The summed E-state index contributed by atoms with van der Waals surface area (Å²) in [6.07, 6.45) is 1.65. The van der Waals surface area contributed by atoms with E-state index < -0.39 is 0 Å². The number of hydrogen-bond acceptors (Lipinski definition) is 4. The van der Waals surface area contributed by atoms with Crippen molar-refractivity contribution in [1.82, 2.24) is 10.3 Å². The van der Waals surface area contributed by atoms with Gasteiger partial charge < -0.3 is 10.1 Å². The van der Waals surface area contributed by atoms with Crippen molar-refractivity contribution in [2.75, 3.05) is 6.61 Å². The van der Waals surface area contributed by atoms with Gasteiger partial charge in [0.25, 0.3) is 5.91 Å². The van der Waals surface area contributed by atoms with E-state index in [1.54, 1.807) is 36.5 Å². The van der Waals surface area contributed by atoms with Crippen LogP contribution >= 0.6 is 22.9 Å². The summed E-state index contributed by atoms with van der Waals surface area (Å²) in [4.78, 5) is 17.9. The first-order valence-electron chi connectivity index (χ1n) is 8.86. The minimum Gasteiger partial charge on any atom is -0.481 e. The zero-order valence-electron chi connectivity index (χ0n) is 15.1. The second-order valence-corrected chi connectivity index (χ2v) is 7.69. The number of halogens is 2. The highest BCUT2D eigenvalue weighted by Gasteiger charge is 2.19. The van der Waals surface area contributed by atoms with Crippen molar-refractivity contribution in [2.45, 2.75) is 6.04 Å². The number of aromatic nitrogens is 1. The molecule has 146 valence electrons. The number of carbonyl (C=O) groups excluding carboxylic acids is 1. The van der Waals surface area contributed by atoms with Crippen LogP contribution in [0.1, 0.15) is 16.5 Å². The lowest BCUT2D eigenvalue weighted by atomic mass is 10.1. The lowest BCUT2D eigenvalue weighted by Crippen LogP contribution is -2.33. The average Bonchev–Trinajstić information content (AvgIpc) is 3.27. The molecule has 0 saturated heterocycles. The molecule has 0 aliphatic carbocycles. The quantitative estimate of drug-likeness (QED) is 0.450. The summed E-state index contributed by atoms with van der Waals surface area (Å²) >= 11 is 7.71. The van der Waals surface area contributed by atoms with E-state index in [0.717, 1.165) is 15.8 Å². The van der Waals surface area contributed by atoms with E-state index in [0.29, 0.717) is 16.3 Å².